The van der Waals surface area contributed by atoms with E-state index in [9.17, 15) is 4.79 Å². The van der Waals surface area contributed by atoms with Gasteiger partial charge >= 0.3 is 0 Å². The molecule has 2 aromatic rings. The SMILES string of the molecule is CN(Cc1cc(=O)n2ccccc2n1)C[C@@H]1COCCO1. The fourth-order valence-electron chi connectivity index (χ4n) is 2.51. The predicted molar refractivity (Wildman–Crippen MR) is 78.4 cm³/mol. The molecule has 21 heavy (non-hydrogen) atoms. The van der Waals surface area contributed by atoms with Crippen molar-refractivity contribution in [2.75, 3.05) is 33.4 Å². The maximum absolute atomic E-state index is 12.0. The van der Waals surface area contributed by atoms with Crippen LogP contribution >= 0.6 is 0 Å². The van der Waals surface area contributed by atoms with E-state index >= 15 is 0 Å². The fraction of sp³-hybridized carbons (Fsp3) is 0.467. The summed E-state index contributed by atoms with van der Waals surface area (Å²) >= 11 is 0. The Morgan fingerprint density at radius 1 is 1.43 bits per heavy atom. The number of fused-ring (bicyclic) bond motifs is 1. The zero-order valence-electron chi connectivity index (χ0n) is 12.1. The molecule has 2 aromatic heterocycles. The Balaban J connectivity index is 1.70. The van der Waals surface area contributed by atoms with Gasteiger partial charge in [0.25, 0.3) is 5.56 Å². The van der Waals surface area contributed by atoms with E-state index in [1.807, 2.05) is 25.2 Å². The smallest absolute Gasteiger partial charge is 0.258 e. The van der Waals surface area contributed by atoms with E-state index < -0.39 is 0 Å². The number of hydrogen-bond donors (Lipinski definition) is 0. The summed E-state index contributed by atoms with van der Waals surface area (Å²) in [4.78, 5) is 18.6. The van der Waals surface area contributed by atoms with E-state index in [-0.39, 0.29) is 11.7 Å². The molecule has 1 aliphatic rings. The molecular weight excluding hydrogens is 270 g/mol. The van der Waals surface area contributed by atoms with Crippen molar-refractivity contribution >= 4 is 5.65 Å². The molecule has 0 spiro atoms. The number of pyridine rings is 1. The minimum atomic E-state index is -0.0544. The summed E-state index contributed by atoms with van der Waals surface area (Å²) in [5, 5.41) is 0. The Kier molecular flexibility index (Phi) is 4.28. The van der Waals surface area contributed by atoms with Crippen LogP contribution < -0.4 is 5.56 Å². The van der Waals surface area contributed by atoms with Gasteiger partial charge in [0.1, 0.15) is 5.65 Å². The highest BCUT2D eigenvalue weighted by atomic mass is 16.6. The van der Waals surface area contributed by atoms with Crippen LogP contribution in [0.1, 0.15) is 5.69 Å². The van der Waals surface area contributed by atoms with Crippen LogP contribution in [0.4, 0.5) is 0 Å². The quantitative estimate of drug-likeness (QED) is 0.822. The molecule has 0 bridgehead atoms. The molecule has 6 nitrogen and oxygen atoms in total. The molecular formula is C15H19N3O3. The highest BCUT2D eigenvalue weighted by Gasteiger charge is 2.17. The number of ether oxygens (including phenoxy) is 2. The van der Waals surface area contributed by atoms with Crippen LogP contribution in [0.5, 0.6) is 0 Å². The molecule has 0 unspecified atom stereocenters. The maximum atomic E-state index is 12.0. The average Bonchev–Trinajstić information content (AvgIpc) is 2.48. The third kappa shape index (κ3) is 3.47. The van der Waals surface area contributed by atoms with Gasteiger partial charge in [0.15, 0.2) is 0 Å². The summed E-state index contributed by atoms with van der Waals surface area (Å²) in [6.07, 6.45) is 1.82. The molecule has 1 aliphatic heterocycles. The Labute approximate surface area is 122 Å². The second-order valence-electron chi connectivity index (χ2n) is 5.28. The largest absolute Gasteiger partial charge is 0.376 e. The summed E-state index contributed by atoms with van der Waals surface area (Å²) in [7, 11) is 1.99. The zero-order chi connectivity index (χ0) is 14.7. The summed E-state index contributed by atoms with van der Waals surface area (Å²) < 4.78 is 12.6. The van der Waals surface area contributed by atoms with E-state index in [2.05, 4.69) is 9.88 Å². The van der Waals surface area contributed by atoms with Gasteiger partial charge in [0.2, 0.25) is 0 Å². The first-order valence-corrected chi connectivity index (χ1v) is 7.07. The highest BCUT2D eigenvalue weighted by Crippen LogP contribution is 2.06. The standard InChI is InChI=1S/C15H19N3O3/c1-17(10-13-11-20-6-7-21-13)9-12-8-15(19)18-5-3-2-4-14(18)16-12/h2-5,8,13H,6-7,9-11H2,1H3/t13-/m1/s1. The lowest BCUT2D eigenvalue weighted by Gasteiger charge is -2.27. The van der Waals surface area contributed by atoms with Crippen molar-refractivity contribution in [3.8, 4) is 0 Å². The molecule has 1 atom stereocenters. The third-order valence-corrected chi connectivity index (χ3v) is 3.46. The molecule has 0 aromatic carbocycles. The van der Waals surface area contributed by atoms with Crippen molar-refractivity contribution in [3.63, 3.8) is 0 Å². The monoisotopic (exact) mass is 289 g/mol. The first kappa shape index (κ1) is 14.2. The van der Waals surface area contributed by atoms with Gasteiger partial charge in [-0.2, -0.15) is 0 Å². The number of hydrogen-bond acceptors (Lipinski definition) is 5. The number of aromatic nitrogens is 2. The van der Waals surface area contributed by atoms with Crippen LogP contribution in [0.3, 0.4) is 0 Å². The molecule has 0 N–H and O–H groups in total. The van der Waals surface area contributed by atoms with Crippen LogP contribution in [0.25, 0.3) is 5.65 Å². The van der Waals surface area contributed by atoms with Gasteiger partial charge in [-0.05, 0) is 19.2 Å². The fourth-order valence-corrected chi connectivity index (χ4v) is 2.51. The van der Waals surface area contributed by atoms with Gasteiger partial charge in [-0.1, -0.05) is 6.07 Å². The van der Waals surface area contributed by atoms with Crippen molar-refractivity contribution < 1.29 is 9.47 Å². The lowest BCUT2D eigenvalue weighted by atomic mass is 10.3. The van der Waals surface area contributed by atoms with Gasteiger partial charge in [-0.3, -0.25) is 14.1 Å². The first-order valence-electron chi connectivity index (χ1n) is 7.07. The molecule has 0 radical (unpaired) electrons. The van der Waals surface area contributed by atoms with E-state index in [4.69, 9.17) is 9.47 Å². The van der Waals surface area contributed by atoms with Crippen molar-refractivity contribution in [3.05, 3.63) is 46.5 Å². The summed E-state index contributed by atoms with van der Waals surface area (Å²) in [5.74, 6) is 0. The number of rotatable bonds is 4. The summed E-state index contributed by atoms with van der Waals surface area (Å²) in [5.41, 5.74) is 1.39. The first-order chi connectivity index (χ1) is 10.2. The molecule has 6 heteroatoms. The van der Waals surface area contributed by atoms with Gasteiger partial charge in [0, 0.05) is 25.4 Å². The van der Waals surface area contributed by atoms with Crippen LogP contribution in [0.15, 0.2) is 35.3 Å². The van der Waals surface area contributed by atoms with Gasteiger partial charge in [-0.25, -0.2) is 4.98 Å². The Morgan fingerprint density at radius 3 is 3.14 bits per heavy atom. The number of nitrogens with zero attached hydrogens (tertiary/aromatic N) is 3. The molecule has 1 saturated heterocycles. The van der Waals surface area contributed by atoms with Crippen molar-refractivity contribution in [2.24, 2.45) is 0 Å². The third-order valence-electron chi connectivity index (χ3n) is 3.46. The van der Waals surface area contributed by atoms with E-state index in [0.717, 1.165) is 12.2 Å². The number of likely N-dealkylation sites (N-methyl/N-ethyl adjacent to an activating group) is 1. The Hall–Kier alpha value is -1.76. The van der Waals surface area contributed by atoms with Crippen LogP contribution in [-0.2, 0) is 16.0 Å². The second-order valence-corrected chi connectivity index (χ2v) is 5.28. The molecule has 1 fully saturated rings. The molecule has 0 amide bonds. The molecule has 3 heterocycles. The van der Waals surface area contributed by atoms with Crippen LogP contribution in [-0.4, -0.2) is 53.8 Å². The topological polar surface area (TPSA) is 56.1 Å². The lowest BCUT2D eigenvalue weighted by molar-refractivity contribution is -0.0963. The molecule has 0 saturated carbocycles. The summed E-state index contributed by atoms with van der Waals surface area (Å²) in [6, 6.07) is 7.12. The molecule has 0 aliphatic carbocycles. The lowest BCUT2D eigenvalue weighted by Crippen LogP contribution is -2.38. The van der Waals surface area contributed by atoms with Gasteiger partial charge in [0.05, 0.1) is 31.6 Å². The van der Waals surface area contributed by atoms with E-state index in [0.29, 0.717) is 32.0 Å². The molecule has 3 rings (SSSR count). The zero-order valence-corrected chi connectivity index (χ0v) is 12.1. The van der Waals surface area contributed by atoms with Crippen molar-refractivity contribution in [2.45, 2.75) is 12.6 Å². The Bertz CT molecular complexity index is 665. The van der Waals surface area contributed by atoms with E-state index in [1.54, 1.807) is 16.7 Å². The van der Waals surface area contributed by atoms with Crippen molar-refractivity contribution in [1.29, 1.82) is 0 Å². The predicted octanol–water partition coefficient (Wildman–Crippen LogP) is 0.542. The minimum absolute atomic E-state index is 0.0544. The normalized spacial score (nSPS) is 19.2. The second kappa shape index (κ2) is 6.34. The van der Waals surface area contributed by atoms with Gasteiger partial charge < -0.3 is 9.47 Å². The van der Waals surface area contributed by atoms with Crippen LogP contribution in [0, 0.1) is 0 Å². The molecule has 112 valence electrons. The Morgan fingerprint density at radius 2 is 2.33 bits per heavy atom. The highest BCUT2D eigenvalue weighted by molar-refractivity contribution is 5.37. The van der Waals surface area contributed by atoms with Crippen LogP contribution in [0.2, 0.25) is 0 Å². The average molecular weight is 289 g/mol. The minimum Gasteiger partial charge on any atom is -0.376 e. The maximum Gasteiger partial charge on any atom is 0.258 e. The van der Waals surface area contributed by atoms with E-state index in [1.165, 1.54) is 0 Å². The van der Waals surface area contributed by atoms with Gasteiger partial charge in [-0.15, -0.1) is 0 Å². The summed E-state index contributed by atoms with van der Waals surface area (Å²) in [6.45, 7) is 3.31. The van der Waals surface area contributed by atoms with Crippen molar-refractivity contribution in [1.82, 2.24) is 14.3 Å².